The first-order valence-electron chi connectivity index (χ1n) is 10.8. The summed E-state index contributed by atoms with van der Waals surface area (Å²) in [6, 6.07) is 7.40. The number of carbonyl (C=O) groups is 2. The molecule has 0 unspecified atom stereocenters. The maximum atomic E-state index is 13.0. The first-order chi connectivity index (χ1) is 14.3. The summed E-state index contributed by atoms with van der Waals surface area (Å²) in [6.45, 7) is 10.7. The number of benzene rings is 1. The summed E-state index contributed by atoms with van der Waals surface area (Å²) in [7, 11) is 3.83. The molecule has 0 aromatic heterocycles. The second kappa shape index (κ2) is 9.62. The number of rotatable bonds is 6. The van der Waals surface area contributed by atoms with Gasteiger partial charge in [0.15, 0.2) is 0 Å². The second-order valence-corrected chi connectivity index (χ2v) is 8.42. The van der Waals surface area contributed by atoms with Crippen LogP contribution in [0.4, 0.5) is 4.79 Å². The lowest BCUT2D eigenvalue weighted by atomic mass is 9.92. The van der Waals surface area contributed by atoms with E-state index >= 15 is 0 Å². The number of ether oxygens (including phenoxy) is 1. The standard InChI is InChI=1S/C23H34N4O3/c1-6-30-22(28)20-19(15-27-13-11-25(4)12-14-27)26(5)23(29)24-21(20)18-9-7-17(8-10-18)16(2)3/h7-10,16,21H,6,11-15H2,1-5H3,(H,24,29)/t21-/m0/s1. The van der Waals surface area contributed by atoms with Gasteiger partial charge in [0.25, 0.3) is 0 Å². The fraction of sp³-hybridized carbons (Fsp3) is 0.565. The molecule has 30 heavy (non-hydrogen) atoms. The Bertz CT molecular complexity index is 795. The fourth-order valence-corrected chi connectivity index (χ4v) is 3.94. The molecular formula is C23H34N4O3. The minimum absolute atomic E-state index is 0.204. The molecule has 0 saturated carbocycles. The zero-order chi connectivity index (χ0) is 21.8. The van der Waals surface area contributed by atoms with Crippen LogP contribution in [0, 0.1) is 0 Å². The molecule has 0 radical (unpaired) electrons. The Labute approximate surface area is 179 Å². The van der Waals surface area contributed by atoms with E-state index in [1.807, 2.05) is 12.1 Å². The lowest BCUT2D eigenvalue weighted by Gasteiger charge is -2.39. The summed E-state index contributed by atoms with van der Waals surface area (Å²) in [6.07, 6.45) is 0. The van der Waals surface area contributed by atoms with E-state index in [4.69, 9.17) is 4.74 Å². The number of carbonyl (C=O) groups excluding carboxylic acids is 2. The summed E-state index contributed by atoms with van der Waals surface area (Å²) >= 11 is 0. The van der Waals surface area contributed by atoms with Gasteiger partial charge >= 0.3 is 12.0 Å². The van der Waals surface area contributed by atoms with Crippen LogP contribution in [0.15, 0.2) is 35.5 Å². The summed E-state index contributed by atoms with van der Waals surface area (Å²) < 4.78 is 5.41. The highest BCUT2D eigenvalue weighted by molar-refractivity contribution is 5.95. The molecule has 1 aromatic rings. The number of piperazine rings is 1. The number of hydrogen-bond donors (Lipinski definition) is 1. The average molecular weight is 415 g/mol. The van der Waals surface area contributed by atoms with Crippen molar-refractivity contribution in [3.63, 3.8) is 0 Å². The van der Waals surface area contributed by atoms with Crippen LogP contribution in [0.25, 0.3) is 0 Å². The third-order valence-corrected chi connectivity index (χ3v) is 5.98. The third kappa shape index (κ3) is 4.84. The van der Waals surface area contributed by atoms with E-state index < -0.39 is 6.04 Å². The van der Waals surface area contributed by atoms with E-state index in [1.165, 1.54) is 5.56 Å². The molecule has 1 saturated heterocycles. The van der Waals surface area contributed by atoms with Gasteiger partial charge in [-0.15, -0.1) is 0 Å². The largest absolute Gasteiger partial charge is 0.463 e. The van der Waals surface area contributed by atoms with E-state index in [0.29, 0.717) is 24.6 Å². The van der Waals surface area contributed by atoms with E-state index in [-0.39, 0.29) is 12.0 Å². The summed E-state index contributed by atoms with van der Waals surface area (Å²) in [5, 5.41) is 3.00. The van der Waals surface area contributed by atoms with Crippen molar-refractivity contribution in [2.24, 2.45) is 0 Å². The minimum atomic E-state index is -0.517. The molecule has 0 spiro atoms. The number of urea groups is 1. The Morgan fingerprint density at radius 3 is 2.33 bits per heavy atom. The highest BCUT2D eigenvalue weighted by atomic mass is 16.5. The van der Waals surface area contributed by atoms with E-state index in [2.05, 4.69) is 48.1 Å². The molecule has 2 aliphatic rings. The summed E-state index contributed by atoms with van der Waals surface area (Å²) in [5.74, 6) is 0.0467. The highest BCUT2D eigenvalue weighted by Gasteiger charge is 2.37. The van der Waals surface area contributed by atoms with Crippen molar-refractivity contribution in [2.45, 2.75) is 32.7 Å². The van der Waals surface area contributed by atoms with Gasteiger partial charge in [-0.2, -0.15) is 0 Å². The zero-order valence-corrected chi connectivity index (χ0v) is 18.8. The zero-order valence-electron chi connectivity index (χ0n) is 18.8. The molecule has 3 rings (SSSR count). The average Bonchev–Trinajstić information content (AvgIpc) is 2.73. The Balaban J connectivity index is 1.99. The molecule has 2 amide bonds. The quantitative estimate of drug-likeness (QED) is 0.725. The number of hydrogen-bond acceptors (Lipinski definition) is 5. The first kappa shape index (κ1) is 22.3. The lowest BCUT2D eigenvalue weighted by molar-refractivity contribution is -0.139. The van der Waals surface area contributed by atoms with Crippen LogP contribution in [0.2, 0.25) is 0 Å². The van der Waals surface area contributed by atoms with Gasteiger partial charge in [0, 0.05) is 45.5 Å². The summed E-state index contributed by atoms with van der Waals surface area (Å²) in [4.78, 5) is 32.0. The molecule has 2 aliphatic heterocycles. The molecule has 1 atom stereocenters. The monoisotopic (exact) mass is 414 g/mol. The van der Waals surface area contributed by atoms with Gasteiger partial charge in [-0.3, -0.25) is 9.80 Å². The normalized spacial score (nSPS) is 21.2. The fourth-order valence-electron chi connectivity index (χ4n) is 3.94. The van der Waals surface area contributed by atoms with E-state index in [0.717, 1.165) is 37.4 Å². The highest BCUT2D eigenvalue weighted by Crippen LogP contribution is 2.32. The van der Waals surface area contributed by atoms with Crippen molar-refractivity contribution in [3.05, 3.63) is 46.7 Å². The smallest absolute Gasteiger partial charge is 0.338 e. The molecule has 7 nitrogen and oxygen atoms in total. The Morgan fingerprint density at radius 1 is 1.13 bits per heavy atom. The van der Waals surface area contributed by atoms with Gasteiger partial charge in [0.05, 0.1) is 18.2 Å². The molecule has 0 aliphatic carbocycles. The van der Waals surface area contributed by atoms with Crippen LogP contribution in [0.1, 0.15) is 43.9 Å². The lowest BCUT2D eigenvalue weighted by Crippen LogP contribution is -2.51. The topological polar surface area (TPSA) is 65.1 Å². The van der Waals surface area contributed by atoms with Crippen molar-refractivity contribution in [3.8, 4) is 0 Å². The molecule has 1 fully saturated rings. The number of amides is 2. The molecule has 1 aromatic carbocycles. The van der Waals surface area contributed by atoms with Crippen molar-refractivity contribution in [1.82, 2.24) is 20.0 Å². The first-order valence-corrected chi connectivity index (χ1v) is 10.8. The third-order valence-electron chi connectivity index (χ3n) is 5.98. The van der Waals surface area contributed by atoms with Crippen molar-refractivity contribution in [2.75, 3.05) is 53.4 Å². The maximum absolute atomic E-state index is 13.0. The maximum Gasteiger partial charge on any atom is 0.338 e. The molecular weight excluding hydrogens is 380 g/mol. The molecule has 7 heteroatoms. The van der Waals surface area contributed by atoms with Crippen LogP contribution >= 0.6 is 0 Å². The number of nitrogens with one attached hydrogen (secondary N) is 1. The number of likely N-dealkylation sites (N-methyl/N-ethyl adjacent to an activating group) is 2. The van der Waals surface area contributed by atoms with Crippen LogP contribution < -0.4 is 5.32 Å². The van der Waals surface area contributed by atoms with Gasteiger partial charge in [0.1, 0.15) is 0 Å². The molecule has 164 valence electrons. The van der Waals surface area contributed by atoms with Crippen LogP contribution in [0.3, 0.4) is 0 Å². The van der Waals surface area contributed by atoms with Gasteiger partial charge in [-0.25, -0.2) is 9.59 Å². The van der Waals surface area contributed by atoms with Crippen LogP contribution in [-0.4, -0.2) is 80.1 Å². The van der Waals surface area contributed by atoms with Gasteiger partial charge in [-0.1, -0.05) is 38.1 Å². The SMILES string of the molecule is CCOC(=O)C1=C(CN2CCN(C)CC2)N(C)C(=O)N[C@H]1c1ccc(C(C)C)cc1. The van der Waals surface area contributed by atoms with Crippen LogP contribution in [0.5, 0.6) is 0 Å². The van der Waals surface area contributed by atoms with Gasteiger partial charge in [-0.05, 0) is 31.0 Å². The van der Waals surface area contributed by atoms with Crippen molar-refractivity contribution >= 4 is 12.0 Å². The predicted molar refractivity (Wildman–Crippen MR) is 117 cm³/mol. The Morgan fingerprint density at radius 2 is 1.77 bits per heavy atom. The predicted octanol–water partition coefficient (Wildman–Crippen LogP) is 2.57. The molecule has 2 heterocycles. The van der Waals surface area contributed by atoms with Gasteiger partial charge in [0.2, 0.25) is 0 Å². The van der Waals surface area contributed by atoms with E-state index in [1.54, 1.807) is 18.9 Å². The Kier molecular flexibility index (Phi) is 7.15. The number of nitrogens with zero attached hydrogens (tertiary/aromatic N) is 3. The Hall–Kier alpha value is -2.38. The van der Waals surface area contributed by atoms with Gasteiger partial charge < -0.3 is 15.0 Å². The second-order valence-electron chi connectivity index (χ2n) is 8.42. The van der Waals surface area contributed by atoms with Crippen molar-refractivity contribution < 1.29 is 14.3 Å². The number of esters is 1. The minimum Gasteiger partial charge on any atom is -0.463 e. The van der Waals surface area contributed by atoms with Crippen LogP contribution in [-0.2, 0) is 9.53 Å². The summed E-state index contributed by atoms with van der Waals surface area (Å²) in [5.41, 5.74) is 3.35. The molecule has 1 N–H and O–H groups in total. The van der Waals surface area contributed by atoms with Crippen molar-refractivity contribution in [1.29, 1.82) is 0 Å². The molecule has 0 bridgehead atoms. The van der Waals surface area contributed by atoms with E-state index in [9.17, 15) is 9.59 Å².